The van der Waals surface area contributed by atoms with Crippen molar-refractivity contribution < 1.29 is 9.59 Å². The van der Waals surface area contributed by atoms with Crippen molar-refractivity contribution in [3.05, 3.63) is 33.5 Å². The Balaban J connectivity index is 1.91. The number of thiophene rings is 1. The van der Waals surface area contributed by atoms with Crippen molar-refractivity contribution in [2.24, 2.45) is 24.1 Å². The van der Waals surface area contributed by atoms with Gasteiger partial charge in [-0.25, -0.2) is 0 Å². The number of primary amides is 1. The average Bonchev–Trinajstić information content (AvgIpc) is 3.13. The number of rotatable bonds is 5. The number of anilines is 1. The first-order valence-electron chi connectivity index (χ1n) is 9.40. The lowest BCUT2D eigenvalue weighted by atomic mass is 9.69. The lowest BCUT2D eigenvalue weighted by Gasteiger charge is -2.36. The van der Waals surface area contributed by atoms with Gasteiger partial charge < -0.3 is 11.1 Å². The van der Waals surface area contributed by atoms with Crippen LogP contribution in [-0.4, -0.2) is 21.6 Å². The van der Waals surface area contributed by atoms with Crippen molar-refractivity contribution in [3.8, 4) is 0 Å². The molecule has 3 N–H and O–H groups in total. The zero-order valence-corrected chi connectivity index (χ0v) is 17.5. The van der Waals surface area contributed by atoms with Crippen molar-refractivity contribution in [2.75, 3.05) is 5.32 Å². The van der Waals surface area contributed by atoms with Gasteiger partial charge >= 0.3 is 0 Å². The molecule has 0 aromatic carbocycles. The lowest BCUT2D eigenvalue weighted by molar-refractivity contribution is 0.0999. The molecule has 3 rings (SSSR count). The molecule has 0 spiro atoms. The first-order chi connectivity index (χ1) is 12.6. The fourth-order valence-corrected chi connectivity index (χ4v) is 5.06. The average molecular weight is 389 g/mol. The molecule has 27 heavy (non-hydrogen) atoms. The van der Waals surface area contributed by atoms with Crippen LogP contribution in [-0.2, 0) is 19.9 Å². The number of nitrogens with one attached hydrogen (secondary N) is 1. The molecule has 1 aliphatic carbocycles. The van der Waals surface area contributed by atoms with Crippen LogP contribution in [0.4, 0.5) is 5.00 Å². The summed E-state index contributed by atoms with van der Waals surface area (Å²) < 4.78 is 1.65. The highest BCUT2D eigenvalue weighted by Crippen LogP contribution is 2.45. The van der Waals surface area contributed by atoms with Gasteiger partial charge in [0.1, 0.15) is 5.00 Å². The third kappa shape index (κ3) is 3.65. The smallest absolute Gasteiger partial charge is 0.276 e. The van der Waals surface area contributed by atoms with Crippen molar-refractivity contribution in [1.29, 1.82) is 0 Å². The Morgan fingerprint density at radius 3 is 2.70 bits per heavy atom. The van der Waals surface area contributed by atoms with Crippen molar-refractivity contribution in [2.45, 2.75) is 53.4 Å². The quantitative estimate of drug-likeness (QED) is 0.818. The molecular formula is C20H28N4O2S. The molecule has 0 unspecified atom stereocenters. The molecule has 2 aromatic rings. The predicted octanol–water partition coefficient (Wildman–Crippen LogP) is 3.68. The number of fused-ring (bicyclic) bond motifs is 1. The van der Waals surface area contributed by atoms with Crippen LogP contribution in [0.2, 0.25) is 0 Å². The Kier molecular flexibility index (Phi) is 5.16. The third-order valence-electron chi connectivity index (χ3n) is 6.10. The van der Waals surface area contributed by atoms with Crippen LogP contribution < -0.4 is 11.1 Å². The van der Waals surface area contributed by atoms with Crippen molar-refractivity contribution >= 4 is 28.2 Å². The molecule has 0 saturated heterocycles. The van der Waals surface area contributed by atoms with Crippen LogP contribution in [0.15, 0.2) is 6.07 Å². The van der Waals surface area contributed by atoms with Crippen LogP contribution in [0.25, 0.3) is 0 Å². The van der Waals surface area contributed by atoms with E-state index in [1.165, 1.54) is 16.2 Å². The summed E-state index contributed by atoms with van der Waals surface area (Å²) in [7, 11) is 1.79. The van der Waals surface area contributed by atoms with Gasteiger partial charge in [0.25, 0.3) is 11.8 Å². The molecule has 2 heterocycles. The zero-order valence-electron chi connectivity index (χ0n) is 16.7. The highest BCUT2D eigenvalue weighted by molar-refractivity contribution is 7.17. The van der Waals surface area contributed by atoms with E-state index in [4.69, 9.17) is 5.73 Å². The first-order valence-corrected chi connectivity index (χ1v) is 10.2. The predicted molar refractivity (Wildman–Crippen MR) is 108 cm³/mol. The van der Waals surface area contributed by atoms with E-state index >= 15 is 0 Å². The van der Waals surface area contributed by atoms with Gasteiger partial charge in [-0.3, -0.25) is 14.3 Å². The largest absolute Gasteiger partial charge is 0.365 e. The molecule has 0 saturated carbocycles. The first kappa shape index (κ1) is 19.6. The molecular weight excluding hydrogens is 360 g/mol. The van der Waals surface area contributed by atoms with E-state index in [1.807, 2.05) is 6.92 Å². The Hall–Kier alpha value is -2.15. The van der Waals surface area contributed by atoms with Crippen LogP contribution in [0, 0.1) is 18.3 Å². The Morgan fingerprint density at radius 1 is 1.44 bits per heavy atom. The fraction of sp³-hybridized carbons (Fsp3) is 0.550. The summed E-state index contributed by atoms with van der Waals surface area (Å²) in [5.41, 5.74) is 8.64. The fourth-order valence-electron chi connectivity index (χ4n) is 3.73. The van der Waals surface area contributed by atoms with E-state index in [0.717, 1.165) is 36.9 Å². The van der Waals surface area contributed by atoms with Gasteiger partial charge in [-0.2, -0.15) is 5.10 Å². The maximum absolute atomic E-state index is 12.6. The van der Waals surface area contributed by atoms with Gasteiger partial charge in [0.15, 0.2) is 5.69 Å². The maximum atomic E-state index is 12.6. The molecule has 1 atom stereocenters. The molecule has 0 fully saturated rings. The molecule has 0 aliphatic heterocycles. The minimum absolute atomic E-state index is 0.253. The SMILES string of the molecule is CCC(C)(C)[C@@H]1CCc2c(sc(NC(=O)c3cc(C)n(C)n3)c2C(N)=O)C1. The lowest BCUT2D eigenvalue weighted by Crippen LogP contribution is -2.29. The second-order valence-electron chi connectivity index (χ2n) is 8.10. The van der Waals surface area contributed by atoms with Crippen LogP contribution in [0.3, 0.4) is 0 Å². The minimum atomic E-state index is -0.479. The Bertz CT molecular complexity index is 875. The van der Waals surface area contributed by atoms with Gasteiger partial charge in [-0.05, 0) is 49.1 Å². The number of aryl methyl sites for hydroxylation is 2. The van der Waals surface area contributed by atoms with E-state index in [9.17, 15) is 9.59 Å². The molecule has 2 aromatic heterocycles. The van der Waals surface area contributed by atoms with Gasteiger partial charge in [0, 0.05) is 17.6 Å². The number of nitrogens with two attached hydrogens (primary N) is 1. The van der Waals surface area contributed by atoms with Crippen molar-refractivity contribution in [1.82, 2.24) is 9.78 Å². The summed E-state index contributed by atoms with van der Waals surface area (Å²) in [6.45, 7) is 8.71. The Morgan fingerprint density at radius 2 is 2.15 bits per heavy atom. The second-order valence-corrected chi connectivity index (χ2v) is 9.21. The molecule has 6 nitrogen and oxygen atoms in total. The monoisotopic (exact) mass is 388 g/mol. The molecule has 2 amide bonds. The van der Waals surface area contributed by atoms with Gasteiger partial charge in [-0.15, -0.1) is 11.3 Å². The number of carbonyl (C=O) groups excluding carboxylic acids is 2. The number of amides is 2. The highest BCUT2D eigenvalue weighted by atomic mass is 32.1. The van der Waals surface area contributed by atoms with Crippen LogP contribution >= 0.6 is 11.3 Å². The van der Waals surface area contributed by atoms with E-state index in [2.05, 4.69) is 31.2 Å². The summed E-state index contributed by atoms with van der Waals surface area (Å²) >= 11 is 1.49. The standard InChI is InChI=1S/C20H28N4O2S/c1-6-20(3,4)12-7-8-13-15(10-12)27-19(16(13)17(21)25)22-18(26)14-9-11(2)24(5)23-14/h9,12H,6-8,10H2,1-5H3,(H2,21,25)(H,22,26)/t12-/m1/s1. The van der Waals surface area contributed by atoms with Crippen molar-refractivity contribution in [3.63, 3.8) is 0 Å². The number of hydrogen-bond donors (Lipinski definition) is 2. The number of aromatic nitrogens is 2. The third-order valence-corrected chi connectivity index (χ3v) is 7.27. The summed E-state index contributed by atoms with van der Waals surface area (Å²) in [5.74, 6) is -0.227. The Labute approximate surface area is 164 Å². The van der Waals surface area contributed by atoms with E-state index in [-0.39, 0.29) is 11.3 Å². The molecule has 146 valence electrons. The minimum Gasteiger partial charge on any atom is -0.365 e. The normalized spacial score (nSPS) is 16.9. The summed E-state index contributed by atoms with van der Waals surface area (Å²) in [6.07, 6.45) is 3.91. The second kappa shape index (κ2) is 7.11. The molecule has 0 bridgehead atoms. The summed E-state index contributed by atoms with van der Waals surface area (Å²) in [4.78, 5) is 25.9. The zero-order chi connectivity index (χ0) is 19.9. The summed E-state index contributed by atoms with van der Waals surface area (Å²) in [5, 5.41) is 7.64. The molecule has 0 radical (unpaired) electrons. The van der Waals surface area contributed by atoms with Crippen LogP contribution in [0.1, 0.15) is 70.6 Å². The molecule has 1 aliphatic rings. The highest BCUT2D eigenvalue weighted by Gasteiger charge is 2.35. The topological polar surface area (TPSA) is 90.0 Å². The summed E-state index contributed by atoms with van der Waals surface area (Å²) in [6, 6.07) is 1.73. The number of carbonyl (C=O) groups is 2. The van der Waals surface area contributed by atoms with E-state index in [0.29, 0.717) is 22.2 Å². The van der Waals surface area contributed by atoms with Gasteiger partial charge in [0.05, 0.1) is 5.56 Å². The van der Waals surface area contributed by atoms with E-state index < -0.39 is 5.91 Å². The van der Waals surface area contributed by atoms with Gasteiger partial charge in [-0.1, -0.05) is 27.2 Å². The van der Waals surface area contributed by atoms with Crippen LogP contribution in [0.5, 0.6) is 0 Å². The number of nitrogens with zero attached hydrogens (tertiary/aromatic N) is 2. The number of hydrogen-bond acceptors (Lipinski definition) is 4. The molecule has 7 heteroatoms. The maximum Gasteiger partial charge on any atom is 0.276 e. The van der Waals surface area contributed by atoms with E-state index in [1.54, 1.807) is 17.8 Å². The van der Waals surface area contributed by atoms with Gasteiger partial charge in [0.2, 0.25) is 0 Å².